The van der Waals surface area contributed by atoms with Crippen molar-refractivity contribution in [3.8, 4) is 0 Å². The third-order valence-corrected chi connectivity index (χ3v) is 11.1. The molecule has 0 unspecified atom stereocenters. The maximum atomic E-state index is 6.11. The second-order valence-electron chi connectivity index (χ2n) is 4.63. The second kappa shape index (κ2) is 6.38. The van der Waals surface area contributed by atoms with Crippen molar-refractivity contribution in [1.82, 2.24) is 0 Å². The Morgan fingerprint density at radius 2 is 0.727 bits per heavy atom. The first-order valence-corrected chi connectivity index (χ1v) is 11.2. The summed E-state index contributed by atoms with van der Waals surface area (Å²) < 4.78 is 0.814. The number of hydrogen-bond acceptors (Lipinski definition) is 4. The molecule has 0 aromatic heterocycles. The molecule has 4 rings (SSSR count). The van der Waals surface area contributed by atoms with Gasteiger partial charge in [-0.1, -0.05) is 46.4 Å². The van der Waals surface area contributed by atoms with E-state index >= 15 is 0 Å². The molecule has 22 heavy (non-hydrogen) atoms. The predicted molar refractivity (Wildman–Crippen MR) is 104 cm³/mol. The van der Waals surface area contributed by atoms with E-state index < -0.39 is 0 Å². The molecule has 0 radical (unpaired) electrons. The van der Waals surface area contributed by atoms with Gasteiger partial charge in [0.05, 0.1) is 29.3 Å². The number of halogens is 4. The van der Waals surface area contributed by atoms with E-state index in [1.807, 2.05) is 71.3 Å². The highest BCUT2D eigenvalue weighted by Crippen LogP contribution is 2.60. The van der Waals surface area contributed by atoms with Crippen LogP contribution in [0.3, 0.4) is 0 Å². The molecule has 2 aromatic carbocycles. The molecule has 2 aromatic rings. The van der Waals surface area contributed by atoms with E-state index in [9.17, 15) is 0 Å². The molecule has 0 spiro atoms. The van der Waals surface area contributed by atoms with Crippen LogP contribution in [0.25, 0.3) is 0 Å². The molecule has 0 saturated carbocycles. The van der Waals surface area contributed by atoms with Crippen LogP contribution >= 0.6 is 93.5 Å². The average molecular weight is 444 g/mol. The van der Waals surface area contributed by atoms with Gasteiger partial charge in [-0.3, -0.25) is 0 Å². The Balaban J connectivity index is 1.57. The number of thioether (sulfide) groups is 4. The Labute approximate surface area is 165 Å². The maximum absolute atomic E-state index is 6.11. The van der Waals surface area contributed by atoms with E-state index in [-0.39, 0.29) is 0 Å². The molecular weight excluding hydrogens is 438 g/mol. The number of rotatable bonds is 1. The summed E-state index contributed by atoms with van der Waals surface area (Å²) in [7, 11) is 0. The maximum Gasteiger partial charge on any atom is 0.0814 e. The quantitative estimate of drug-likeness (QED) is 0.436. The molecule has 0 saturated heterocycles. The normalized spacial score (nSPS) is 17.8. The van der Waals surface area contributed by atoms with Gasteiger partial charge < -0.3 is 0 Å². The molecule has 0 fully saturated rings. The smallest absolute Gasteiger partial charge is 0.0814 e. The monoisotopic (exact) mass is 442 g/mol. The predicted octanol–water partition coefficient (Wildman–Crippen LogP) is 8.05. The summed E-state index contributed by atoms with van der Waals surface area (Å²) in [5, 5.41) is 2.45. The third-order valence-electron chi connectivity index (χ3n) is 3.17. The minimum absolute atomic E-state index is 0.407. The van der Waals surface area contributed by atoms with Gasteiger partial charge in [0, 0.05) is 19.6 Å². The zero-order valence-corrected chi connectivity index (χ0v) is 16.9. The summed E-state index contributed by atoms with van der Waals surface area (Å²) in [5.41, 5.74) is 0. The number of hydrogen-bond donors (Lipinski definition) is 0. The van der Waals surface area contributed by atoms with Gasteiger partial charge in [0.15, 0.2) is 0 Å². The van der Waals surface area contributed by atoms with Gasteiger partial charge in [0.1, 0.15) is 0 Å². The molecule has 114 valence electrons. The highest BCUT2D eigenvalue weighted by atomic mass is 35.5. The molecule has 2 aliphatic rings. The van der Waals surface area contributed by atoms with Crippen LogP contribution in [0.2, 0.25) is 20.1 Å². The van der Waals surface area contributed by atoms with Crippen molar-refractivity contribution in [2.24, 2.45) is 0 Å². The van der Waals surface area contributed by atoms with E-state index in [1.165, 1.54) is 19.6 Å². The van der Waals surface area contributed by atoms with Gasteiger partial charge in [0.2, 0.25) is 0 Å². The van der Waals surface area contributed by atoms with Crippen molar-refractivity contribution in [3.05, 3.63) is 44.4 Å². The summed E-state index contributed by atoms with van der Waals surface area (Å²) in [6.07, 6.45) is 0. The lowest BCUT2D eigenvalue weighted by Crippen LogP contribution is -2.06. The standard InChI is InChI=1S/C14H6Cl4S4/c15-5-1-9-10(2-6(5)16)20-13(19-9)14-21-11-3-7(17)8(18)4-12(11)22-14/h1-4,13-14H. The van der Waals surface area contributed by atoms with E-state index in [2.05, 4.69) is 0 Å². The zero-order chi connectivity index (χ0) is 15.4. The Kier molecular flexibility index (Phi) is 4.77. The van der Waals surface area contributed by atoms with Crippen LogP contribution in [0.15, 0.2) is 43.8 Å². The summed E-state index contributed by atoms with van der Waals surface area (Å²) in [6, 6.07) is 7.84. The SMILES string of the molecule is Clc1cc2c(cc1Cl)SC(C1Sc3cc(Cl)c(Cl)cc3S1)S2. The first-order valence-electron chi connectivity index (χ1n) is 6.16. The minimum Gasteiger partial charge on any atom is -0.108 e. The van der Waals surface area contributed by atoms with Crippen molar-refractivity contribution in [2.75, 3.05) is 0 Å². The van der Waals surface area contributed by atoms with Gasteiger partial charge in [-0.15, -0.1) is 47.0 Å². The van der Waals surface area contributed by atoms with Crippen LogP contribution in [-0.2, 0) is 0 Å². The fourth-order valence-electron chi connectivity index (χ4n) is 2.16. The fourth-order valence-corrected chi connectivity index (χ4v) is 9.50. The lowest BCUT2D eigenvalue weighted by atomic mass is 10.4. The topological polar surface area (TPSA) is 0 Å². The van der Waals surface area contributed by atoms with Crippen LogP contribution in [0.1, 0.15) is 0 Å². The Morgan fingerprint density at radius 3 is 0.955 bits per heavy atom. The van der Waals surface area contributed by atoms with Crippen molar-refractivity contribution >= 4 is 93.5 Å². The Morgan fingerprint density at radius 1 is 0.500 bits per heavy atom. The molecule has 0 aliphatic carbocycles. The summed E-state index contributed by atoms with van der Waals surface area (Å²) in [4.78, 5) is 4.82. The van der Waals surface area contributed by atoms with E-state index in [1.54, 1.807) is 0 Å². The van der Waals surface area contributed by atoms with Gasteiger partial charge in [0.25, 0.3) is 0 Å². The van der Waals surface area contributed by atoms with Crippen LogP contribution in [0.4, 0.5) is 0 Å². The van der Waals surface area contributed by atoms with Crippen molar-refractivity contribution in [3.63, 3.8) is 0 Å². The molecule has 0 nitrogen and oxygen atoms in total. The largest absolute Gasteiger partial charge is 0.108 e. The van der Waals surface area contributed by atoms with Crippen molar-refractivity contribution in [2.45, 2.75) is 28.7 Å². The molecule has 8 heteroatoms. The molecule has 0 amide bonds. The van der Waals surface area contributed by atoms with Crippen molar-refractivity contribution in [1.29, 1.82) is 0 Å². The third kappa shape index (κ3) is 2.99. The zero-order valence-electron chi connectivity index (χ0n) is 10.6. The minimum atomic E-state index is 0.407. The Hall–Kier alpha value is 1.000. The van der Waals surface area contributed by atoms with Crippen LogP contribution in [0.5, 0.6) is 0 Å². The Bertz CT molecular complexity index is 652. The van der Waals surface area contributed by atoms with Gasteiger partial charge in [-0.2, -0.15) is 0 Å². The van der Waals surface area contributed by atoms with E-state index in [4.69, 9.17) is 46.4 Å². The van der Waals surface area contributed by atoms with Gasteiger partial charge in [-0.05, 0) is 24.3 Å². The fraction of sp³-hybridized carbons (Fsp3) is 0.143. The second-order valence-corrected chi connectivity index (χ2v) is 11.6. The molecule has 2 aliphatic heterocycles. The number of fused-ring (bicyclic) bond motifs is 2. The molecule has 0 atom stereocenters. The molecule has 0 bridgehead atoms. The van der Waals surface area contributed by atoms with E-state index in [0.717, 1.165) is 0 Å². The van der Waals surface area contributed by atoms with Crippen LogP contribution < -0.4 is 0 Å². The van der Waals surface area contributed by atoms with Gasteiger partial charge >= 0.3 is 0 Å². The molecule has 0 N–H and O–H groups in total. The highest BCUT2D eigenvalue weighted by molar-refractivity contribution is 8.26. The highest BCUT2D eigenvalue weighted by Gasteiger charge is 2.36. The lowest BCUT2D eigenvalue weighted by molar-refractivity contribution is 1.27. The number of benzene rings is 2. The van der Waals surface area contributed by atoms with E-state index in [0.29, 0.717) is 29.3 Å². The van der Waals surface area contributed by atoms with Crippen LogP contribution in [-0.4, -0.2) is 9.16 Å². The average Bonchev–Trinajstić information content (AvgIpc) is 3.03. The lowest BCUT2D eigenvalue weighted by Gasteiger charge is -2.13. The summed E-state index contributed by atoms with van der Waals surface area (Å²) >= 11 is 31.8. The molecule has 2 heterocycles. The van der Waals surface area contributed by atoms with Crippen LogP contribution in [0, 0.1) is 0 Å². The molecular formula is C14H6Cl4S4. The van der Waals surface area contributed by atoms with Crippen molar-refractivity contribution < 1.29 is 0 Å². The van der Waals surface area contributed by atoms with Gasteiger partial charge in [-0.25, -0.2) is 0 Å². The first kappa shape index (κ1) is 16.5. The first-order chi connectivity index (χ1) is 10.5. The summed E-state index contributed by atoms with van der Waals surface area (Å²) in [5.74, 6) is 0. The summed E-state index contributed by atoms with van der Waals surface area (Å²) in [6.45, 7) is 0.